The van der Waals surface area contributed by atoms with Crippen LogP contribution in [-0.4, -0.2) is 35.4 Å². The van der Waals surface area contributed by atoms with E-state index in [2.05, 4.69) is 0 Å². The van der Waals surface area contributed by atoms with Crippen molar-refractivity contribution in [1.82, 2.24) is 0 Å². The molecule has 1 heterocycles. The first kappa shape index (κ1) is 13.6. The third-order valence-corrected chi connectivity index (χ3v) is 3.53. The molecular weight excluding hydrogens is 251 g/mol. The molecule has 1 atom stereocenters. The molecule has 2 rings (SSSR count). The summed E-state index contributed by atoms with van der Waals surface area (Å²) in [5.74, 6) is -1.99. The minimum atomic E-state index is -1.26. The van der Waals surface area contributed by atoms with E-state index in [1.54, 1.807) is 0 Å². The average molecular weight is 268 g/mol. The highest BCUT2D eigenvalue weighted by Gasteiger charge is 2.27. The molecule has 0 aliphatic carbocycles. The van der Waals surface area contributed by atoms with Gasteiger partial charge >= 0.3 is 5.97 Å². The summed E-state index contributed by atoms with van der Waals surface area (Å²) in [7, 11) is 0. The largest absolute Gasteiger partial charge is 0.478 e. The molecule has 4 N–H and O–H groups in total. The van der Waals surface area contributed by atoms with Crippen molar-refractivity contribution in [2.45, 2.75) is 25.3 Å². The summed E-state index contributed by atoms with van der Waals surface area (Å²) < 4.78 is 13.4. The number of carbonyl (C=O) groups is 1. The molecule has 19 heavy (non-hydrogen) atoms. The predicted molar refractivity (Wildman–Crippen MR) is 69.8 cm³/mol. The molecule has 1 aliphatic heterocycles. The van der Waals surface area contributed by atoms with Gasteiger partial charge in [-0.2, -0.15) is 0 Å². The molecule has 5 nitrogen and oxygen atoms in total. The van der Waals surface area contributed by atoms with E-state index in [1.165, 1.54) is 12.1 Å². The molecule has 1 aromatic carbocycles. The molecule has 1 aliphatic rings. The minimum absolute atomic E-state index is 0.0592. The van der Waals surface area contributed by atoms with Crippen LogP contribution in [0.2, 0.25) is 0 Å². The van der Waals surface area contributed by atoms with Gasteiger partial charge in [-0.15, -0.1) is 0 Å². The third-order valence-electron chi connectivity index (χ3n) is 3.53. The number of carboxylic acids is 1. The molecule has 0 amide bonds. The van der Waals surface area contributed by atoms with Crippen LogP contribution in [0.15, 0.2) is 12.1 Å². The summed E-state index contributed by atoms with van der Waals surface area (Å²) in [4.78, 5) is 13.1. The summed E-state index contributed by atoms with van der Waals surface area (Å²) in [6.45, 7) is 0.576. The first-order chi connectivity index (χ1) is 9.06. The molecule has 1 saturated heterocycles. The molecule has 0 saturated carbocycles. The number of nitrogens with zero attached hydrogens (tertiary/aromatic N) is 1. The van der Waals surface area contributed by atoms with E-state index in [-0.39, 0.29) is 23.9 Å². The van der Waals surface area contributed by atoms with Gasteiger partial charge in [0.2, 0.25) is 0 Å². The number of aliphatic hydroxyl groups excluding tert-OH is 1. The Morgan fingerprint density at radius 3 is 2.84 bits per heavy atom. The zero-order valence-corrected chi connectivity index (χ0v) is 10.5. The van der Waals surface area contributed by atoms with E-state index >= 15 is 0 Å². The smallest absolute Gasteiger partial charge is 0.340 e. The summed E-state index contributed by atoms with van der Waals surface area (Å²) >= 11 is 0. The van der Waals surface area contributed by atoms with Crippen molar-refractivity contribution in [3.63, 3.8) is 0 Å². The minimum Gasteiger partial charge on any atom is -0.478 e. The number of hydrogen-bond donors (Lipinski definition) is 3. The Morgan fingerprint density at radius 1 is 1.47 bits per heavy atom. The molecule has 0 bridgehead atoms. The van der Waals surface area contributed by atoms with Gasteiger partial charge in [0.05, 0.1) is 24.0 Å². The van der Waals surface area contributed by atoms with Crippen molar-refractivity contribution in [2.75, 3.05) is 23.8 Å². The normalized spacial score (nSPS) is 19.5. The maximum absolute atomic E-state index is 13.4. The lowest BCUT2D eigenvalue weighted by Crippen LogP contribution is -2.42. The van der Waals surface area contributed by atoms with Crippen LogP contribution in [0.5, 0.6) is 0 Å². The number of benzene rings is 1. The second-order valence-electron chi connectivity index (χ2n) is 4.69. The molecule has 0 radical (unpaired) electrons. The maximum Gasteiger partial charge on any atom is 0.340 e. The molecule has 6 heteroatoms. The molecule has 1 fully saturated rings. The number of aliphatic hydroxyl groups is 1. The number of hydrogen-bond acceptors (Lipinski definition) is 4. The second-order valence-corrected chi connectivity index (χ2v) is 4.69. The lowest BCUT2D eigenvalue weighted by Gasteiger charge is -2.37. The number of aromatic carboxylic acids is 1. The Hall–Kier alpha value is -1.82. The maximum atomic E-state index is 13.4. The number of rotatable bonds is 3. The Morgan fingerprint density at radius 2 is 2.21 bits per heavy atom. The highest BCUT2D eigenvalue weighted by Crippen LogP contribution is 2.32. The summed E-state index contributed by atoms with van der Waals surface area (Å²) in [6, 6.07) is 2.44. The quantitative estimate of drug-likeness (QED) is 0.722. The van der Waals surface area contributed by atoms with Crippen LogP contribution in [0.25, 0.3) is 0 Å². The van der Waals surface area contributed by atoms with Gasteiger partial charge in [0.15, 0.2) is 0 Å². The monoisotopic (exact) mass is 268 g/mol. The van der Waals surface area contributed by atoms with E-state index < -0.39 is 11.8 Å². The highest BCUT2D eigenvalue weighted by atomic mass is 19.1. The van der Waals surface area contributed by atoms with Gasteiger partial charge in [-0.3, -0.25) is 0 Å². The number of anilines is 2. The van der Waals surface area contributed by atoms with Gasteiger partial charge in [0.25, 0.3) is 0 Å². The number of halogens is 1. The lowest BCUT2D eigenvalue weighted by atomic mass is 9.99. The summed E-state index contributed by atoms with van der Waals surface area (Å²) in [5.41, 5.74) is 5.34. The van der Waals surface area contributed by atoms with Crippen LogP contribution in [-0.2, 0) is 0 Å². The van der Waals surface area contributed by atoms with Crippen molar-refractivity contribution in [2.24, 2.45) is 0 Å². The van der Waals surface area contributed by atoms with Crippen molar-refractivity contribution in [1.29, 1.82) is 0 Å². The fourth-order valence-electron chi connectivity index (χ4n) is 2.55. The second kappa shape index (κ2) is 5.44. The average Bonchev–Trinajstić information content (AvgIpc) is 2.41. The first-order valence-electron chi connectivity index (χ1n) is 6.25. The van der Waals surface area contributed by atoms with E-state index in [9.17, 15) is 19.4 Å². The van der Waals surface area contributed by atoms with Gasteiger partial charge in [0, 0.05) is 6.54 Å². The SMILES string of the molecule is Nc1c(F)ccc(N2CCCCC2CO)c1C(=O)O. The highest BCUT2D eigenvalue weighted by molar-refractivity contribution is 6.00. The van der Waals surface area contributed by atoms with E-state index in [0.29, 0.717) is 12.2 Å². The van der Waals surface area contributed by atoms with E-state index in [1.807, 2.05) is 4.90 Å². The fourth-order valence-corrected chi connectivity index (χ4v) is 2.55. The van der Waals surface area contributed by atoms with Crippen molar-refractivity contribution >= 4 is 17.3 Å². The summed E-state index contributed by atoms with van der Waals surface area (Å²) in [6.07, 6.45) is 2.68. The summed E-state index contributed by atoms with van der Waals surface area (Å²) in [5, 5.41) is 18.6. The number of nitrogen functional groups attached to an aromatic ring is 1. The molecule has 104 valence electrons. The number of carboxylic acid groups (broad SMARTS) is 1. The number of piperidine rings is 1. The van der Waals surface area contributed by atoms with Crippen molar-refractivity contribution < 1.29 is 19.4 Å². The fraction of sp³-hybridized carbons (Fsp3) is 0.462. The van der Waals surface area contributed by atoms with E-state index in [4.69, 9.17) is 5.73 Å². The Kier molecular flexibility index (Phi) is 3.90. The molecule has 0 aromatic heterocycles. The third kappa shape index (κ3) is 2.49. The Labute approximate surface area is 110 Å². The van der Waals surface area contributed by atoms with Crippen LogP contribution < -0.4 is 10.6 Å². The van der Waals surface area contributed by atoms with Gasteiger partial charge in [-0.25, -0.2) is 9.18 Å². The molecule has 1 unspecified atom stereocenters. The first-order valence-corrected chi connectivity index (χ1v) is 6.25. The van der Waals surface area contributed by atoms with Gasteiger partial charge in [-0.05, 0) is 31.4 Å². The lowest BCUT2D eigenvalue weighted by molar-refractivity contribution is 0.0698. The molecular formula is C13H17FN2O3. The van der Waals surface area contributed by atoms with Crippen molar-refractivity contribution in [3.05, 3.63) is 23.5 Å². The standard InChI is InChI=1S/C13H17FN2O3/c14-9-4-5-10(11(12(9)15)13(18)19)16-6-2-1-3-8(16)7-17/h4-5,8,17H,1-3,6-7,15H2,(H,18,19). The van der Waals surface area contributed by atoms with E-state index in [0.717, 1.165) is 19.3 Å². The van der Waals surface area contributed by atoms with Crippen LogP contribution in [0.3, 0.4) is 0 Å². The topological polar surface area (TPSA) is 86.8 Å². The van der Waals surface area contributed by atoms with Crippen molar-refractivity contribution in [3.8, 4) is 0 Å². The zero-order valence-electron chi connectivity index (χ0n) is 10.5. The van der Waals surface area contributed by atoms with Gasteiger partial charge in [0.1, 0.15) is 11.4 Å². The predicted octanol–water partition coefficient (Wildman–Crippen LogP) is 1.46. The Bertz CT molecular complexity index is 493. The number of nitrogens with two attached hydrogens (primary N) is 1. The van der Waals surface area contributed by atoms with Crippen LogP contribution in [0.1, 0.15) is 29.6 Å². The molecule has 1 aromatic rings. The van der Waals surface area contributed by atoms with Crippen LogP contribution in [0, 0.1) is 5.82 Å². The van der Waals surface area contributed by atoms with Crippen LogP contribution in [0.4, 0.5) is 15.8 Å². The Balaban J connectivity index is 2.49. The van der Waals surface area contributed by atoms with Gasteiger partial charge in [-0.1, -0.05) is 0 Å². The van der Waals surface area contributed by atoms with Gasteiger partial charge < -0.3 is 20.8 Å². The van der Waals surface area contributed by atoms with Crippen LogP contribution >= 0.6 is 0 Å². The molecule has 0 spiro atoms. The zero-order chi connectivity index (χ0) is 14.0.